The van der Waals surface area contributed by atoms with Gasteiger partial charge in [0.1, 0.15) is 6.54 Å². The van der Waals surface area contributed by atoms with Gasteiger partial charge in [-0.25, -0.2) is 0 Å². The topological polar surface area (TPSA) is 38.1 Å². The highest BCUT2D eigenvalue weighted by Crippen LogP contribution is 2.32. The van der Waals surface area contributed by atoms with Crippen LogP contribution in [0, 0.1) is 6.92 Å². The van der Waals surface area contributed by atoms with Crippen molar-refractivity contribution in [2.24, 2.45) is 0 Å². The number of nitrogens with zero attached hydrogens (tertiary/aromatic N) is 3. The van der Waals surface area contributed by atoms with Crippen LogP contribution >= 0.6 is 11.6 Å². The number of benzene rings is 1. The second kappa shape index (κ2) is 5.90. The van der Waals surface area contributed by atoms with Crippen LogP contribution in [0.15, 0.2) is 36.7 Å². The van der Waals surface area contributed by atoms with E-state index in [1.807, 2.05) is 4.90 Å². The van der Waals surface area contributed by atoms with Crippen LogP contribution in [0.5, 0.6) is 0 Å². The smallest absolute Gasteiger partial charge is 0.244 e. The van der Waals surface area contributed by atoms with E-state index in [2.05, 4.69) is 36.3 Å². The lowest BCUT2D eigenvalue weighted by Crippen LogP contribution is -2.33. The Balaban J connectivity index is 1.74. The molecule has 0 spiro atoms. The molecule has 4 nitrogen and oxygen atoms in total. The van der Waals surface area contributed by atoms with Crippen molar-refractivity contribution in [1.29, 1.82) is 0 Å². The van der Waals surface area contributed by atoms with Crippen molar-refractivity contribution < 1.29 is 4.79 Å². The maximum Gasteiger partial charge on any atom is 0.244 e. The van der Waals surface area contributed by atoms with Crippen LogP contribution in [-0.4, -0.2) is 27.1 Å². The molecule has 1 aromatic carbocycles. The van der Waals surface area contributed by atoms with Gasteiger partial charge < -0.3 is 4.90 Å². The Bertz CT molecular complexity index is 635. The number of carbonyl (C=O) groups excluding carboxylic acids is 1. The van der Waals surface area contributed by atoms with Crippen molar-refractivity contribution in [2.45, 2.75) is 32.4 Å². The SMILES string of the molecule is Cc1ccc([C@@H]2CCCN2C(=O)Cn2cc(Cl)cn2)cc1. The summed E-state index contributed by atoms with van der Waals surface area (Å²) in [7, 11) is 0. The van der Waals surface area contributed by atoms with Crippen LogP contribution in [-0.2, 0) is 11.3 Å². The summed E-state index contributed by atoms with van der Waals surface area (Å²) in [6.45, 7) is 3.13. The van der Waals surface area contributed by atoms with Crippen molar-refractivity contribution >= 4 is 17.5 Å². The molecule has 1 aliphatic heterocycles. The van der Waals surface area contributed by atoms with E-state index in [0.29, 0.717) is 5.02 Å². The summed E-state index contributed by atoms with van der Waals surface area (Å²) in [6, 6.07) is 8.63. The number of likely N-dealkylation sites (tertiary alicyclic amines) is 1. The minimum absolute atomic E-state index is 0.0952. The van der Waals surface area contributed by atoms with Gasteiger partial charge in [0.2, 0.25) is 5.91 Å². The first-order chi connectivity index (χ1) is 10.1. The van der Waals surface area contributed by atoms with Crippen LogP contribution in [0.3, 0.4) is 0 Å². The molecule has 1 atom stereocenters. The molecule has 21 heavy (non-hydrogen) atoms. The van der Waals surface area contributed by atoms with Crippen molar-refractivity contribution in [3.8, 4) is 0 Å². The highest BCUT2D eigenvalue weighted by atomic mass is 35.5. The third-order valence-electron chi connectivity index (χ3n) is 3.93. The molecule has 2 heterocycles. The average Bonchev–Trinajstić information content (AvgIpc) is 3.09. The van der Waals surface area contributed by atoms with Crippen LogP contribution in [0.1, 0.15) is 30.0 Å². The summed E-state index contributed by atoms with van der Waals surface area (Å²) >= 11 is 5.83. The van der Waals surface area contributed by atoms with Gasteiger partial charge in [-0.15, -0.1) is 0 Å². The first-order valence-electron chi connectivity index (χ1n) is 7.17. The molecule has 0 aliphatic carbocycles. The van der Waals surface area contributed by atoms with Crippen molar-refractivity contribution in [2.75, 3.05) is 6.54 Å². The van der Waals surface area contributed by atoms with E-state index in [9.17, 15) is 4.79 Å². The van der Waals surface area contributed by atoms with Crippen LogP contribution in [0.4, 0.5) is 0 Å². The van der Waals surface area contributed by atoms with Gasteiger partial charge in [0, 0.05) is 12.7 Å². The lowest BCUT2D eigenvalue weighted by atomic mass is 10.0. The number of hydrogen-bond acceptors (Lipinski definition) is 2. The molecule has 1 aliphatic rings. The third kappa shape index (κ3) is 3.10. The predicted octanol–water partition coefficient (Wildman–Crippen LogP) is 3.21. The number of halogens is 1. The van der Waals surface area contributed by atoms with Crippen LogP contribution < -0.4 is 0 Å². The van der Waals surface area contributed by atoms with E-state index in [1.165, 1.54) is 11.1 Å². The standard InChI is InChI=1S/C16H18ClN3O/c1-12-4-6-13(7-5-12)15-3-2-8-20(15)16(21)11-19-10-14(17)9-18-19/h4-7,9-10,15H,2-3,8,11H2,1H3/t15-/m0/s1. The Kier molecular flexibility index (Phi) is 3.97. The quantitative estimate of drug-likeness (QED) is 0.873. The fraction of sp³-hybridized carbons (Fsp3) is 0.375. The number of amides is 1. The summed E-state index contributed by atoms with van der Waals surface area (Å²) in [6.07, 6.45) is 5.30. The maximum atomic E-state index is 12.5. The highest BCUT2D eigenvalue weighted by molar-refractivity contribution is 6.30. The molecule has 2 aromatic rings. The zero-order valence-electron chi connectivity index (χ0n) is 12.0. The minimum Gasteiger partial charge on any atom is -0.334 e. The molecule has 1 amide bonds. The van der Waals surface area contributed by atoms with Gasteiger partial charge in [-0.05, 0) is 25.3 Å². The monoisotopic (exact) mass is 303 g/mol. The van der Waals surface area contributed by atoms with Gasteiger partial charge in [-0.2, -0.15) is 5.10 Å². The van der Waals surface area contributed by atoms with E-state index in [4.69, 9.17) is 11.6 Å². The first kappa shape index (κ1) is 14.1. The zero-order valence-corrected chi connectivity index (χ0v) is 12.8. The molecule has 1 fully saturated rings. The molecule has 0 bridgehead atoms. The number of hydrogen-bond donors (Lipinski definition) is 0. The lowest BCUT2D eigenvalue weighted by molar-refractivity contribution is -0.133. The Morgan fingerprint density at radius 1 is 1.38 bits per heavy atom. The van der Waals surface area contributed by atoms with Gasteiger partial charge in [-0.3, -0.25) is 9.48 Å². The molecule has 5 heteroatoms. The minimum atomic E-state index is 0.0952. The lowest BCUT2D eigenvalue weighted by Gasteiger charge is -2.25. The number of rotatable bonds is 3. The largest absolute Gasteiger partial charge is 0.334 e. The average molecular weight is 304 g/mol. The van der Waals surface area contributed by atoms with Crippen molar-refractivity contribution in [3.63, 3.8) is 0 Å². The van der Waals surface area contributed by atoms with E-state index >= 15 is 0 Å². The Morgan fingerprint density at radius 3 is 2.81 bits per heavy atom. The number of carbonyl (C=O) groups is 1. The molecule has 3 rings (SSSR count). The maximum absolute atomic E-state index is 12.5. The molecule has 110 valence electrons. The van der Waals surface area contributed by atoms with Crippen LogP contribution in [0.2, 0.25) is 5.02 Å². The van der Waals surface area contributed by atoms with Gasteiger partial charge >= 0.3 is 0 Å². The molecular weight excluding hydrogens is 286 g/mol. The second-order valence-electron chi connectivity index (χ2n) is 5.51. The third-order valence-corrected chi connectivity index (χ3v) is 4.13. The van der Waals surface area contributed by atoms with Gasteiger partial charge in [-0.1, -0.05) is 41.4 Å². The summed E-state index contributed by atoms with van der Waals surface area (Å²) in [5.74, 6) is 0.0952. The number of aromatic nitrogens is 2. The Hall–Kier alpha value is -1.81. The van der Waals surface area contributed by atoms with Gasteiger partial charge in [0.05, 0.1) is 17.3 Å². The van der Waals surface area contributed by atoms with E-state index < -0.39 is 0 Å². The number of aryl methyl sites for hydroxylation is 1. The summed E-state index contributed by atoms with van der Waals surface area (Å²) in [4.78, 5) is 14.5. The van der Waals surface area contributed by atoms with E-state index in [0.717, 1.165) is 19.4 Å². The molecule has 1 saturated heterocycles. The second-order valence-corrected chi connectivity index (χ2v) is 5.95. The molecule has 0 unspecified atom stereocenters. The summed E-state index contributed by atoms with van der Waals surface area (Å²) in [5, 5.41) is 4.63. The molecule has 0 N–H and O–H groups in total. The zero-order chi connectivity index (χ0) is 14.8. The molecule has 0 radical (unpaired) electrons. The fourth-order valence-corrected chi connectivity index (χ4v) is 3.01. The normalized spacial score (nSPS) is 18.2. The van der Waals surface area contributed by atoms with Crippen LogP contribution in [0.25, 0.3) is 0 Å². The van der Waals surface area contributed by atoms with Crippen molar-refractivity contribution in [1.82, 2.24) is 14.7 Å². The van der Waals surface area contributed by atoms with Gasteiger partial charge in [0.25, 0.3) is 0 Å². The Labute approximate surface area is 129 Å². The fourth-order valence-electron chi connectivity index (χ4n) is 2.85. The Morgan fingerprint density at radius 2 is 2.14 bits per heavy atom. The predicted molar refractivity (Wildman–Crippen MR) is 82.1 cm³/mol. The van der Waals surface area contributed by atoms with E-state index in [1.54, 1.807) is 17.1 Å². The highest BCUT2D eigenvalue weighted by Gasteiger charge is 2.29. The van der Waals surface area contributed by atoms with Gasteiger partial charge in [0.15, 0.2) is 0 Å². The van der Waals surface area contributed by atoms with E-state index in [-0.39, 0.29) is 18.5 Å². The molecular formula is C16H18ClN3O. The molecule has 0 saturated carbocycles. The summed E-state index contributed by atoms with van der Waals surface area (Å²) < 4.78 is 1.59. The first-order valence-corrected chi connectivity index (χ1v) is 7.55. The van der Waals surface area contributed by atoms with Crippen molar-refractivity contribution in [3.05, 3.63) is 52.8 Å². The molecule has 1 aromatic heterocycles. The summed E-state index contributed by atoms with van der Waals surface area (Å²) in [5.41, 5.74) is 2.45.